The minimum atomic E-state index is -0.632. The fraction of sp³-hybridized carbons (Fsp3) is 0.500. The number of benzene rings is 1. The molecule has 0 heterocycles. The molecule has 0 aliphatic heterocycles. The Morgan fingerprint density at radius 1 is 1.40 bits per heavy atom. The van der Waals surface area contributed by atoms with E-state index in [0.29, 0.717) is 11.4 Å². The molecule has 0 bridgehead atoms. The normalized spacial score (nSPS) is 12.8. The third-order valence-electron chi connectivity index (χ3n) is 2.40. The highest BCUT2D eigenvalue weighted by molar-refractivity contribution is 14.1. The number of carbonyl (C=O) groups excluding carboxylic acids is 1. The Kier molecular flexibility index (Phi) is 5.64. The van der Waals surface area contributed by atoms with Crippen LogP contribution in [0.4, 0.5) is 10.5 Å². The van der Waals surface area contributed by atoms with Crippen molar-refractivity contribution in [1.29, 1.82) is 0 Å². The second kappa shape index (κ2) is 6.62. The van der Waals surface area contributed by atoms with Gasteiger partial charge in [-0.25, -0.2) is 4.79 Å². The second-order valence-electron chi connectivity index (χ2n) is 5.38. The Morgan fingerprint density at radius 2 is 2.00 bits per heavy atom. The van der Waals surface area contributed by atoms with Crippen molar-refractivity contribution >= 4 is 34.4 Å². The molecule has 6 heteroatoms. The number of amides is 1. The Labute approximate surface area is 132 Å². The molecule has 20 heavy (non-hydrogen) atoms. The van der Waals surface area contributed by atoms with Gasteiger partial charge in [0.05, 0.1) is 18.9 Å². The fourth-order valence-electron chi connectivity index (χ4n) is 1.57. The van der Waals surface area contributed by atoms with Gasteiger partial charge in [-0.15, -0.1) is 0 Å². The first-order valence-corrected chi connectivity index (χ1v) is 7.27. The van der Waals surface area contributed by atoms with E-state index in [1.165, 1.54) is 7.11 Å². The molecule has 1 unspecified atom stereocenters. The molecule has 5 nitrogen and oxygen atoms in total. The minimum Gasteiger partial charge on any atom is -0.495 e. The number of hydrogen-bond acceptors (Lipinski definition) is 4. The van der Waals surface area contributed by atoms with Gasteiger partial charge in [0.2, 0.25) is 0 Å². The Morgan fingerprint density at radius 3 is 2.45 bits per heavy atom. The van der Waals surface area contributed by atoms with Gasteiger partial charge in [-0.2, -0.15) is 0 Å². The summed E-state index contributed by atoms with van der Waals surface area (Å²) in [5.41, 5.74) is 0.615. The first kappa shape index (κ1) is 17.0. The number of nitrogens with one attached hydrogen (secondary N) is 1. The van der Waals surface area contributed by atoms with Gasteiger partial charge < -0.3 is 14.6 Å². The van der Waals surface area contributed by atoms with Crippen molar-refractivity contribution < 1.29 is 19.4 Å². The van der Waals surface area contributed by atoms with Gasteiger partial charge in [0, 0.05) is 3.57 Å². The first-order valence-electron chi connectivity index (χ1n) is 6.19. The van der Waals surface area contributed by atoms with Crippen LogP contribution >= 0.6 is 22.6 Å². The molecule has 0 aliphatic carbocycles. The maximum atomic E-state index is 11.8. The van der Waals surface area contributed by atoms with Crippen LogP contribution < -0.4 is 10.1 Å². The van der Waals surface area contributed by atoms with Crippen molar-refractivity contribution in [2.24, 2.45) is 0 Å². The lowest BCUT2D eigenvalue weighted by atomic mass is 10.1. The lowest BCUT2D eigenvalue weighted by Crippen LogP contribution is -2.27. The lowest BCUT2D eigenvalue weighted by Gasteiger charge is -2.21. The topological polar surface area (TPSA) is 67.8 Å². The van der Waals surface area contributed by atoms with Crippen molar-refractivity contribution in [3.8, 4) is 5.75 Å². The zero-order chi connectivity index (χ0) is 15.5. The van der Waals surface area contributed by atoms with Crippen LogP contribution in [0.1, 0.15) is 39.4 Å². The molecule has 0 fully saturated rings. The Balaban J connectivity index is 3.04. The molecule has 1 aromatic rings. The summed E-state index contributed by atoms with van der Waals surface area (Å²) in [6.45, 7) is 7.04. The van der Waals surface area contributed by atoms with Crippen LogP contribution in [-0.2, 0) is 4.74 Å². The standard InChI is InChI=1S/C14H20INO4/c1-8(17)9-6-11(12(19-5)7-10(9)15)16-13(18)20-14(2,3)4/h6-8,17H,1-5H3,(H,16,18). The molecule has 1 aromatic carbocycles. The number of halogens is 1. The van der Waals surface area contributed by atoms with Gasteiger partial charge in [-0.05, 0) is 68.0 Å². The molecule has 112 valence electrons. The monoisotopic (exact) mass is 393 g/mol. The number of ether oxygens (including phenoxy) is 2. The third-order valence-corrected chi connectivity index (χ3v) is 3.34. The molecule has 0 spiro atoms. The van der Waals surface area contributed by atoms with Crippen LogP contribution in [0.15, 0.2) is 12.1 Å². The van der Waals surface area contributed by atoms with Gasteiger partial charge in [-0.3, -0.25) is 5.32 Å². The molecule has 0 saturated carbocycles. The number of anilines is 1. The number of carbonyl (C=O) groups is 1. The van der Waals surface area contributed by atoms with Gasteiger partial charge >= 0.3 is 6.09 Å². The van der Waals surface area contributed by atoms with Crippen LogP contribution in [0.3, 0.4) is 0 Å². The predicted molar refractivity (Wildman–Crippen MR) is 86.2 cm³/mol. The van der Waals surface area contributed by atoms with Crippen LogP contribution in [0.2, 0.25) is 0 Å². The molecule has 0 aromatic heterocycles. The summed E-state index contributed by atoms with van der Waals surface area (Å²) in [6.07, 6.45) is -1.19. The number of rotatable bonds is 3. The summed E-state index contributed by atoms with van der Waals surface area (Å²) >= 11 is 2.11. The predicted octanol–water partition coefficient (Wildman–Crippen LogP) is 3.70. The van der Waals surface area contributed by atoms with Crippen molar-refractivity contribution in [3.63, 3.8) is 0 Å². The second-order valence-corrected chi connectivity index (χ2v) is 6.54. The van der Waals surface area contributed by atoms with Crippen LogP contribution in [0.5, 0.6) is 5.75 Å². The average molecular weight is 393 g/mol. The van der Waals surface area contributed by atoms with Crippen molar-refractivity contribution in [2.45, 2.75) is 39.4 Å². The van der Waals surface area contributed by atoms with E-state index in [1.807, 2.05) is 0 Å². The molecule has 0 radical (unpaired) electrons. The molecule has 0 saturated heterocycles. The number of hydrogen-bond donors (Lipinski definition) is 2. The van der Waals surface area contributed by atoms with Crippen molar-refractivity contribution in [3.05, 3.63) is 21.3 Å². The van der Waals surface area contributed by atoms with Crippen LogP contribution in [0, 0.1) is 3.57 Å². The smallest absolute Gasteiger partial charge is 0.412 e. The summed E-state index contributed by atoms with van der Waals surface area (Å²) < 4.78 is 11.3. The number of aliphatic hydroxyl groups is 1. The zero-order valence-electron chi connectivity index (χ0n) is 12.3. The summed E-state index contributed by atoms with van der Waals surface area (Å²) in [4.78, 5) is 11.8. The van der Waals surface area contributed by atoms with Crippen molar-refractivity contribution in [1.82, 2.24) is 0 Å². The molecule has 2 N–H and O–H groups in total. The average Bonchev–Trinajstić information content (AvgIpc) is 2.27. The quantitative estimate of drug-likeness (QED) is 0.769. The van der Waals surface area contributed by atoms with E-state index < -0.39 is 17.8 Å². The van der Waals surface area contributed by atoms with Crippen molar-refractivity contribution in [2.75, 3.05) is 12.4 Å². The first-order chi connectivity index (χ1) is 9.14. The Bertz CT molecular complexity index is 495. The summed E-state index contributed by atoms with van der Waals surface area (Å²) in [5, 5.41) is 12.4. The zero-order valence-corrected chi connectivity index (χ0v) is 14.4. The van der Waals surface area contributed by atoms with E-state index in [9.17, 15) is 9.90 Å². The SMILES string of the molecule is COc1cc(I)c(C(C)O)cc1NC(=O)OC(C)(C)C. The summed E-state index contributed by atoms with van der Waals surface area (Å²) in [6, 6.07) is 3.45. The van der Waals surface area contributed by atoms with Crippen LogP contribution in [-0.4, -0.2) is 23.9 Å². The number of aliphatic hydroxyl groups excluding tert-OH is 1. The van der Waals surface area contributed by atoms with Gasteiger partial charge in [0.15, 0.2) is 0 Å². The van der Waals surface area contributed by atoms with Crippen LogP contribution in [0.25, 0.3) is 0 Å². The maximum Gasteiger partial charge on any atom is 0.412 e. The molecule has 1 amide bonds. The van der Waals surface area contributed by atoms with Gasteiger partial charge in [0.25, 0.3) is 0 Å². The van der Waals surface area contributed by atoms with E-state index in [-0.39, 0.29) is 0 Å². The van der Waals surface area contributed by atoms with Gasteiger partial charge in [-0.1, -0.05) is 0 Å². The highest BCUT2D eigenvalue weighted by Crippen LogP contribution is 2.32. The molecule has 1 rings (SSSR count). The summed E-state index contributed by atoms with van der Waals surface area (Å²) in [7, 11) is 1.52. The van der Waals surface area contributed by atoms with Gasteiger partial charge in [0.1, 0.15) is 11.4 Å². The minimum absolute atomic E-state index is 0.470. The van der Waals surface area contributed by atoms with E-state index >= 15 is 0 Å². The number of methoxy groups -OCH3 is 1. The fourth-order valence-corrected chi connectivity index (χ4v) is 2.46. The maximum absolute atomic E-state index is 11.8. The molecular weight excluding hydrogens is 373 g/mol. The van der Waals surface area contributed by atoms with E-state index in [2.05, 4.69) is 27.9 Å². The third kappa shape index (κ3) is 4.82. The lowest BCUT2D eigenvalue weighted by molar-refractivity contribution is 0.0635. The Hall–Kier alpha value is -1.02. The van der Waals surface area contributed by atoms with E-state index in [1.54, 1.807) is 39.8 Å². The largest absolute Gasteiger partial charge is 0.495 e. The van der Waals surface area contributed by atoms with E-state index in [4.69, 9.17) is 9.47 Å². The molecule has 1 atom stereocenters. The molecular formula is C14H20INO4. The summed E-state index contributed by atoms with van der Waals surface area (Å²) in [5.74, 6) is 0.518. The highest BCUT2D eigenvalue weighted by atomic mass is 127. The highest BCUT2D eigenvalue weighted by Gasteiger charge is 2.19. The molecule has 0 aliphatic rings. The van der Waals surface area contributed by atoms with E-state index in [0.717, 1.165) is 9.13 Å².